The van der Waals surface area contributed by atoms with Gasteiger partial charge in [-0.05, 0) is 39.5 Å². The van der Waals surface area contributed by atoms with Gasteiger partial charge in [0.1, 0.15) is 5.60 Å². The first-order valence-electron chi connectivity index (χ1n) is 7.97. The van der Waals surface area contributed by atoms with E-state index in [0.717, 1.165) is 6.42 Å². The molecule has 1 aliphatic carbocycles. The van der Waals surface area contributed by atoms with Crippen molar-refractivity contribution in [1.82, 2.24) is 5.32 Å². The number of nitrogens with one attached hydrogen (secondary N) is 1. The van der Waals surface area contributed by atoms with Crippen molar-refractivity contribution in [2.75, 3.05) is 0 Å². The number of carbonyl (C=O) groups is 2. The number of aliphatic carboxylic acids is 1. The van der Waals surface area contributed by atoms with Crippen LogP contribution in [0, 0.1) is 5.92 Å². The van der Waals surface area contributed by atoms with Gasteiger partial charge in [-0.2, -0.15) is 0 Å². The molecule has 0 aromatic rings. The second kappa shape index (κ2) is 8.25. The molecule has 1 saturated carbocycles. The second-order valence-electron chi connectivity index (χ2n) is 7.02. The lowest BCUT2D eigenvalue weighted by Gasteiger charge is -2.28. The third-order valence-electron chi connectivity index (χ3n) is 3.77. The Labute approximate surface area is 127 Å². The van der Waals surface area contributed by atoms with Crippen molar-refractivity contribution in [3.05, 3.63) is 0 Å². The predicted octanol–water partition coefficient (Wildman–Crippen LogP) is 3.71. The Morgan fingerprint density at radius 2 is 1.86 bits per heavy atom. The molecule has 5 heteroatoms. The van der Waals surface area contributed by atoms with Crippen LogP contribution < -0.4 is 5.32 Å². The molecule has 0 heterocycles. The normalized spacial score (nSPS) is 18.0. The van der Waals surface area contributed by atoms with E-state index >= 15 is 0 Å². The molecule has 0 aromatic carbocycles. The van der Waals surface area contributed by atoms with Gasteiger partial charge in [-0.3, -0.25) is 4.79 Å². The topological polar surface area (TPSA) is 75.6 Å². The minimum Gasteiger partial charge on any atom is -0.481 e. The fourth-order valence-electron chi connectivity index (χ4n) is 2.85. The summed E-state index contributed by atoms with van der Waals surface area (Å²) in [5, 5.41) is 11.7. The van der Waals surface area contributed by atoms with Crippen LogP contribution in [0.1, 0.15) is 72.1 Å². The molecular formula is C16H29NO4. The van der Waals surface area contributed by atoms with Crippen LogP contribution in [0.15, 0.2) is 0 Å². The SMILES string of the molecule is CC(C)(C)OC(=O)N[C@@H](CCC(=O)O)CC1CCCCC1. The monoisotopic (exact) mass is 299 g/mol. The molecule has 0 aromatic heterocycles. The van der Waals surface area contributed by atoms with Crippen molar-refractivity contribution in [2.45, 2.75) is 83.8 Å². The Bertz CT molecular complexity index is 343. The molecule has 21 heavy (non-hydrogen) atoms. The van der Waals surface area contributed by atoms with Crippen molar-refractivity contribution in [2.24, 2.45) is 5.92 Å². The first-order chi connectivity index (χ1) is 9.76. The maximum atomic E-state index is 11.9. The van der Waals surface area contributed by atoms with E-state index in [0.29, 0.717) is 12.3 Å². The highest BCUT2D eigenvalue weighted by molar-refractivity contribution is 5.69. The quantitative estimate of drug-likeness (QED) is 0.784. The molecule has 1 aliphatic rings. The summed E-state index contributed by atoms with van der Waals surface area (Å²) in [6, 6.07) is -0.112. The summed E-state index contributed by atoms with van der Waals surface area (Å²) >= 11 is 0. The highest BCUT2D eigenvalue weighted by atomic mass is 16.6. The highest BCUT2D eigenvalue weighted by Crippen LogP contribution is 2.28. The van der Waals surface area contributed by atoms with E-state index in [9.17, 15) is 9.59 Å². The van der Waals surface area contributed by atoms with Gasteiger partial charge in [0.25, 0.3) is 0 Å². The van der Waals surface area contributed by atoms with Crippen LogP contribution in [0.3, 0.4) is 0 Å². The number of alkyl carbamates (subject to hydrolysis) is 1. The van der Waals surface area contributed by atoms with E-state index in [1.54, 1.807) is 0 Å². The Balaban J connectivity index is 2.50. The summed E-state index contributed by atoms with van der Waals surface area (Å²) in [5.74, 6) is -0.234. The molecule has 1 atom stereocenters. The van der Waals surface area contributed by atoms with Gasteiger partial charge in [0, 0.05) is 12.5 Å². The number of carboxylic acids is 1. The summed E-state index contributed by atoms with van der Waals surface area (Å²) in [7, 11) is 0. The van der Waals surface area contributed by atoms with Gasteiger partial charge in [-0.25, -0.2) is 4.79 Å². The fourth-order valence-corrected chi connectivity index (χ4v) is 2.85. The average Bonchev–Trinajstić information content (AvgIpc) is 2.34. The summed E-state index contributed by atoms with van der Waals surface area (Å²) < 4.78 is 5.27. The number of carbonyl (C=O) groups excluding carboxylic acids is 1. The number of rotatable bonds is 6. The lowest BCUT2D eigenvalue weighted by molar-refractivity contribution is -0.137. The third kappa shape index (κ3) is 8.58. The molecule has 1 amide bonds. The van der Waals surface area contributed by atoms with E-state index in [4.69, 9.17) is 9.84 Å². The predicted molar refractivity (Wildman–Crippen MR) is 81.2 cm³/mol. The summed E-state index contributed by atoms with van der Waals surface area (Å²) in [4.78, 5) is 22.6. The van der Waals surface area contributed by atoms with Gasteiger partial charge in [-0.1, -0.05) is 32.1 Å². The van der Waals surface area contributed by atoms with Crippen molar-refractivity contribution in [3.63, 3.8) is 0 Å². The van der Waals surface area contributed by atoms with Crippen LogP contribution in [0.25, 0.3) is 0 Å². The molecule has 0 spiro atoms. The van der Waals surface area contributed by atoms with Gasteiger partial charge in [0.15, 0.2) is 0 Å². The van der Waals surface area contributed by atoms with Crippen LogP contribution in [0.4, 0.5) is 4.79 Å². The zero-order valence-corrected chi connectivity index (χ0v) is 13.5. The number of hydrogen-bond donors (Lipinski definition) is 2. The van der Waals surface area contributed by atoms with Crippen LogP contribution in [-0.2, 0) is 9.53 Å². The lowest BCUT2D eigenvalue weighted by Crippen LogP contribution is -2.40. The molecule has 5 nitrogen and oxygen atoms in total. The van der Waals surface area contributed by atoms with E-state index in [2.05, 4.69) is 5.32 Å². The molecule has 0 aliphatic heterocycles. The standard InChI is InChI=1S/C16H29NO4/c1-16(2,3)21-15(20)17-13(9-10-14(18)19)11-12-7-5-4-6-8-12/h12-13H,4-11H2,1-3H3,(H,17,20)(H,18,19)/t13-/m0/s1. The minimum absolute atomic E-state index is 0.0766. The summed E-state index contributed by atoms with van der Waals surface area (Å²) in [6.07, 6.45) is 7.07. The van der Waals surface area contributed by atoms with Crippen molar-refractivity contribution in [3.8, 4) is 0 Å². The molecular weight excluding hydrogens is 270 g/mol. The summed E-state index contributed by atoms with van der Waals surface area (Å²) in [5.41, 5.74) is -0.535. The molecule has 0 saturated heterocycles. The zero-order valence-electron chi connectivity index (χ0n) is 13.5. The maximum Gasteiger partial charge on any atom is 0.407 e. The molecule has 2 N–H and O–H groups in total. The van der Waals surface area contributed by atoms with Gasteiger partial charge in [-0.15, -0.1) is 0 Å². The maximum absolute atomic E-state index is 11.9. The first-order valence-corrected chi connectivity index (χ1v) is 7.97. The lowest BCUT2D eigenvalue weighted by atomic mass is 9.84. The number of hydrogen-bond acceptors (Lipinski definition) is 3. The molecule has 0 unspecified atom stereocenters. The average molecular weight is 299 g/mol. The Hall–Kier alpha value is -1.26. The van der Waals surface area contributed by atoms with Crippen LogP contribution in [0.5, 0.6) is 0 Å². The third-order valence-corrected chi connectivity index (χ3v) is 3.77. The van der Waals surface area contributed by atoms with E-state index < -0.39 is 17.7 Å². The summed E-state index contributed by atoms with van der Waals surface area (Å²) in [6.45, 7) is 5.46. The highest BCUT2D eigenvalue weighted by Gasteiger charge is 2.23. The molecule has 1 fully saturated rings. The van der Waals surface area contributed by atoms with Gasteiger partial charge in [0.05, 0.1) is 0 Å². The Morgan fingerprint density at radius 1 is 1.24 bits per heavy atom. The number of amides is 1. The van der Waals surface area contributed by atoms with Crippen molar-refractivity contribution in [1.29, 1.82) is 0 Å². The van der Waals surface area contributed by atoms with E-state index in [-0.39, 0.29) is 12.5 Å². The number of carboxylic acid groups (broad SMARTS) is 1. The van der Waals surface area contributed by atoms with Crippen LogP contribution in [0.2, 0.25) is 0 Å². The molecule has 0 radical (unpaired) electrons. The second-order valence-corrected chi connectivity index (χ2v) is 7.02. The van der Waals surface area contributed by atoms with Crippen molar-refractivity contribution < 1.29 is 19.4 Å². The Morgan fingerprint density at radius 3 is 2.38 bits per heavy atom. The zero-order chi connectivity index (χ0) is 15.9. The smallest absolute Gasteiger partial charge is 0.407 e. The van der Waals surface area contributed by atoms with E-state index in [1.165, 1.54) is 32.1 Å². The van der Waals surface area contributed by atoms with Gasteiger partial charge >= 0.3 is 12.1 Å². The van der Waals surface area contributed by atoms with Crippen LogP contribution >= 0.6 is 0 Å². The fraction of sp³-hybridized carbons (Fsp3) is 0.875. The largest absolute Gasteiger partial charge is 0.481 e. The Kier molecular flexibility index (Phi) is 6.99. The molecule has 1 rings (SSSR count). The number of ether oxygens (including phenoxy) is 1. The van der Waals surface area contributed by atoms with Crippen molar-refractivity contribution >= 4 is 12.1 Å². The van der Waals surface area contributed by atoms with Crippen LogP contribution in [-0.4, -0.2) is 28.8 Å². The molecule has 0 bridgehead atoms. The minimum atomic E-state index is -0.824. The van der Waals surface area contributed by atoms with E-state index in [1.807, 2.05) is 20.8 Å². The first kappa shape index (κ1) is 17.8. The van der Waals surface area contributed by atoms with Gasteiger partial charge in [0.2, 0.25) is 0 Å². The van der Waals surface area contributed by atoms with Gasteiger partial charge < -0.3 is 15.2 Å². The molecule has 122 valence electrons.